The molecule has 36 heavy (non-hydrogen) atoms. The summed E-state index contributed by atoms with van der Waals surface area (Å²) in [6, 6.07) is 12.2. The SMILES string of the molecule is CCc1c(C#N)c(SCc2ccc(C(=O)Cc3cn[nH]c3)cc2)nc(N2CCCN(C)CC2)c1C#N. The van der Waals surface area contributed by atoms with Crippen molar-refractivity contribution in [2.45, 2.75) is 37.0 Å². The number of rotatable bonds is 8. The van der Waals surface area contributed by atoms with E-state index in [1.165, 1.54) is 11.8 Å². The Bertz CT molecular complexity index is 1290. The molecule has 1 aliphatic rings. The number of hydrogen-bond donors (Lipinski definition) is 1. The van der Waals surface area contributed by atoms with Crippen molar-refractivity contribution in [3.8, 4) is 12.1 Å². The number of aromatic nitrogens is 3. The van der Waals surface area contributed by atoms with Crippen LogP contribution in [0.25, 0.3) is 0 Å². The number of carbonyl (C=O) groups excluding carboxylic acids is 1. The number of nitrogens with zero attached hydrogens (tertiary/aromatic N) is 6. The molecule has 3 heterocycles. The minimum Gasteiger partial charge on any atom is -0.354 e. The van der Waals surface area contributed by atoms with Gasteiger partial charge in [-0.2, -0.15) is 15.6 Å². The van der Waals surface area contributed by atoms with Crippen molar-refractivity contribution in [2.24, 2.45) is 0 Å². The van der Waals surface area contributed by atoms with Gasteiger partial charge in [0.2, 0.25) is 0 Å². The molecule has 0 bridgehead atoms. The van der Waals surface area contributed by atoms with Gasteiger partial charge in [-0.25, -0.2) is 4.98 Å². The van der Waals surface area contributed by atoms with Crippen LogP contribution in [0.5, 0.6) is 0 Å². The van der Waals surface area contributed by atoms with Gasteiger partial charge >= 0.3 is 0 Å². The highest BCUT2D eigenvalue weighted by Gasteiger charge is 2.24. The summed E-state index contributed by atoms with van der Waals surface area (Å²) in [7, 11) is 2.11. The van der Waals surface area contributed by atoms with E-state index in [-0.39, 0.29) is 5.78 Å². The summed E-state index contributed by atoms with van der Waals surface area (Å²) >= 11 is 1.50. The Hall–Kier alpha value is -3.66. The predicted molar refractivity (Wildman–Crippen MR) is 140 cm³/mol. The lowest BCUT2D eigenvalue weighted by Crippen LogP contribution is -2.30. The van der Waals surface area contributed by atoms with Crippen molar-refractivity contribution in [1.29, 1.82) is 10.5 Å². The normalized spacial score (nSPS) is 14.2. The Balaban J connectivity index is 1.55. The first kappa shape index (κ1) is 25.4. The summed E-state index contributed by atoms with van der Waals surface area (Å²) in [5, 5.41) is 27.2. The molecule has 3 aromatic rings. The number of nitrogens with one attached hydrogen (secondary N) is 1. The molecule has 0 saturated carbocycles. The number of Topliss-reactive ketones (excluding diaryl/α,β-unsaturated/α-hetero) is 1. The van der Waals surface area contributed by atoms with Gasteiger partial charge in [-0.05, 0) is 43.1 Å². The van der Waals surface area contributed by atoms with E-state index >= 15 is 0 Å². The van der Waals surface area contributed by atoms with Crippen LogP contribution in [0.15, 0.2) is 41.7 Å². The zero-order chi connectivity index (χ0) is 25.5. The van der Waals surface area contributed by atoms with Gasteiger partial charge in [0.15, 0.2) is 5.78 Å². The summed E-state index contributed by atoms with van der Waals surface area (Å²) in [5.41, 5.74) is 4.32. The van der Waals surface area contributed by atoms with Gasteiger partial charge in [0, 0.05) is 43.6 Å². The maximum Gasteiger partial charge on any atom is 0.167 e. The van der Waals surface area contributed by atoms with Gasteiger partial charge in [-0.3, -0.25) is 9.89 Å². The van der Waals surface area contributed by atoms with Crippen LogP contribution in [0.2, 0.25) is 0 Å². The molecule has 1 aromatic carbocycles. The van der Waals surface area contributed by atoms with E-state index in [4.69, 9.17) is 4.98 Å². The average molecular weight is 500 g/mol. The number of likely N-dealkylation sites (N-methyl/N-ethyl adjacent to an activating group) is 1. The van der Waals surface area contributed by atoms with Gasteiger partial charge in [0.25, 0.3) is 0 Å². The second kappa shape index (κ2) is 11.9. The summed E-state index contributed by atoms with van der Waals surface area (Å²) in [6.07, 6.45) is 5.28. The Morgan fingerprint density at radius 1 is 1.08 bits per heavy atom. The molecule has 8 nitrogen and oxygen atoms in total. The number of anilines is 1. The number of thioether (sulfide) groups is 1. The number of nitriles is 2. The first-order valence-electron chi connectivity index (χ1n) is 12.1. The number of benzene rings is 1. The van der Waals surface area contributed by atoms with Crippen molar-refractivity contribution in [3.05, 3.63) is 70.0 Å². The fraction of sp³-hybridized carbons (Fsp3) is 0.370. The Kier molecular flexibility index (Phi) is 8.37. The van der Waals surface area contributed by atoms with Gasteiger partial charge in [0.1, 0.15) is 23.0 Å². The van der Waals surface area contributed by atoms with Crippen LogP contribution in [-0.2, 0) is 18.6 Å². The van der Waals surface area contributed by atoms with E-state index in [2.05, 4.69) is 39.2 Å². The number of pyridine rings is 1. The second-order valence-corrected chi connectivity index (χ2v) is 9.85. The molecular formula is C27H29N7OS. The van der Waals surface area contributed by atoms with Crippen molar-refractivity contribution < 1.29 is 4.79 Å². The first-order chi connectivity index (χ1) is 17.5. The standard InChI is InChI=1S/C27H29N7OS/c1-3-22-23(14-28)26(34-10-4-9-33(2)11-12-34)32-27(24(22)15-29)36-18-19-5-7-21(8-6-19)25(35)13-20-16-30-31-17-20/h5-8,16-17H,3-4,9-13,18H2,1-2H3,(H,30,31). The number of ketones is 1. The lowest BCUT2D eigenvalue weighted by Gasteiger charge is -2.25. The van der Waals surface area contributed by atoms with Gasteiger partial charge < -0.3 is 9.80 Å². The fourth-order valence-corrected chi connectivity index (χ4v) is 5.34. The first-order valence-corrected chi connectivity index (χ1v) is 13.1. The minimum absolute atomic E-state index is 0.0384. The van der Waals surface area contributed by atoms with E-state index in [0.717, 1.165) is 49.3 Å². The van der Waals surface area contributed by atoms with Crippen LogP contribution in [0, 0.1) is 22.7 Å². The highest BCUT2D eigenvalue weighted by atomic mass is 32.2. The largest absolute Gasteiger partial charge is 0.354 e. The van der Waals surface area contributed by atoms with Crippen molar-refractivity contribution in [3.63, 3.8) is 0 Å². The van der Waals surface area contributed by atoms with Crippen LogP contribution < -0.4 is 4.90 Å². The zero-order valence-electron chi connectivity index (χ0n) is 20.6. The van der Waals surface area contributed by atoms with Gasteiger partial charge in [-0.1, -0.05) is 31.2 Å². The van der Waals surface area contributed by atoms with Gasteiger partial charge in [-0.15, -0.1) is 11.8 Å². The molecule has 2 aromatic heterocycles. The van der Waals surface area contributed by atoms with Crippen LogP contribution in [0.1, 0.15) is 51.5 Å². The molecule has 184 valence electrons. The Morgan fingerprint density at radius 2 is 1.86 bits per heavy atom. The number of hydrogen-bond acceptors (Lipinski definition) is 8. The van der Waals surface area contributed by atoms with E-state index in [1.54, 1.807) is 12.4 Å². The van der Waals surface area contributed by atoms with E-state index in [9.17, 15) is 15.3 Å². The molecule has 1 aliphatic heterocycles. The van der Waals surface area contributed by atoms with E-state index < -0.39 is 0 Å². The van der Waals surface area contributed by atoms with Crippen molar-refractivity contribution in [2.75, 3.05) is 38.1 Å². The predicted octanol–water partition coefficient (Wildman–Crippen LogP) is 3.97. The molecule has 9 heteroatoms. The molecule has 0 unspecified atom stereocenters. The molecule has 4 rings (SSSR count). The number of H-pyrrole nitrogens is 1. The summed E-state index contributed by atoms with van der Waals surface area (Å²) < 4.78 is 0. The third-order valence-electron chi connectivity index (χ3n) is 6.42. The highest BCUT2D eigenvalue weighted by molar-refractivity contribution is 7.98. The molecule has 1 saturated heterocycles. The van der Waals surface area contributed by atoms with E-state index in [0.29, 0.717) is 46.1 Å². The zero-order valence-corrected chi connectivity index (χ0v) is 21.4. The van der Waals surface area contributed by atoms with Crippen molar-refractivity contribution >= 4 is 23.4 Å². The Morgan fingerprint density at radius 3 is 2.53 bits per heavy atom. The van der Waals surface area contributed by atoms with Crippen LogP contribution in [-0.4, -0.2) is 59.1 Å². The average Bonchev–Trinajstić information content (AvgIpc) is 3.32. The van der Waals surface area contributed by atoms with Gasteiger partial charge in [0.05, 0.1) is 17.3 Å². The van der Waals surface area contributed by atoms with E-state index in [1.807, 2.05) is 31.2 Å². The maximum atomic E-state index is 12.5. The Labute approximate surface area is 215 Å². The summed E-state index contributed by atoms with van der Waals surface area (Å²) in [5.74, 6) is 1.33. The topological polar surface area (TPSA) is 113 Å². The minimum atomic E-state index is 0.0384. The van der Waals surface area contributed by atoms with Crippen molar-refractivity contribution in [1.82, 2.24) is 20.1 Å². The molecule has 0 spiro atoms. The second-order valence-electron chi connectivity index (χ2n) is 8.88. The quantitative estimate of drug-likeness (QED) is 0.366. The molecule has 1 N–H and O–H groups in total. The monoisotopic (exact) mass is 499 g/mol. The maximum absolute atomic E-state index is 12.5. The molecular weight excluding hydrogens is 470 g/mol. The smallest absolute Gasteiger partial charge is 0.167 e. The lowest BCUT2D eigenvalue weighted by atomic mass is 10.0. The third-order valence-corrected chi connectivity index (χ3v) is 7.46. The molecule has 0 radical (unpaired) electrons. The third kappa shape index (κ3) is 5.76. The summed E-state index contributed by atoms with van der Waals surface area (Å²) in [6.45, 7) is 5.52. The fourth-order valence-electron chi connectivity index (χ4n) is 4.38. The lowest BCUT2D eigenvalue weighted by molar-refractivity contribution is 0.0993. The van der Waals surface area contributed by atoms with Crippen LogP contribution in [0.3, 0.4) is 0 Å². The highest BCUT2D eigenvalue weighted by Crippen LogP contribution is 2.33. The number of carbonyl (C=O) groups is 1. The molecule has 1 fully saturated rings. The van der Waals surface area contributed by atoms with Crippen LogP contribution >= 0.6 is 11.8 Å². The summed E-state index contributed by atoms with van der Waals surface area (Å²) in [4.78, 5) is 21.9. The number of aromatic amines is 1. The molecule has 0 amide bonds. The van der Waals surface area contributed by atoms with Crippen LogP contribution in [0.4, 0.5) is 5.82 Å². The molecule has 0 aliphatic carbocycles. The molecule has 0 atom stereocenters.